The molecule has 11 nitrogen and oxygen atoms in total. The van der Waals surface area contributed by atoms with Crippen molar-refractivity contribution in [1.82, 2.24) is 30.0 Å². The number of alkyl halides is 2. The van der Waals surface area contributed by atoms with Crippen molar-refractivity contribution in [1.29, 1.82) is 0 Å². The first-order valence-electron chi connectivity index (χ1n) is 13.4. The number of rotatable bonds is 7. The lowest BCUT2D eigenvalue weighted by atomic mass is 9.99. The zero-order valence-corrected chi connectivity index (χ0v) is 22.6. The van der Waals surface area contributed by atoms with Gasteiger partial charge in [-0.05, 0) is 30.9 Å². The molecule has 2 aromatic rings. The van der Waals surface area contributed by atoms with Gasteiger partial charge in [0, 0.05) is 64.0 Å². The Kier molecular flexibility index (Phi) is 7.74. The Balaban J connectivity index is 1.25. The topological polar surface area (TPSA) is 141 Å². The van der Waals surface area contributed by atoms with Crippen molar-refractivity contribution in [3.05, 3.63) is 64.3 Å². The number of allylic oxidation sites excluding steroid dienone is 3. The van der Waals surface area contributed by atoms with E-state index < -0.39 is 17.4 Å². The Morgan fingerprint density at radius 3 is 2.70 bits per heavy atom. The lowest BCUT2D eigenvalue weighted by molar-refractivity contribution is -0.0105. The molecule has 4 N–H and O–H groups in total. The number of nitrogens with one attached hydrogen (secondary N) is 1. The van der Waals surface area contributed by atoms with Crippen LogP contribution in [0.2, 0.25) is 0 Å². The number of aromatic nitrogens is 4. The van der Waals surface area contributed by atoms with E-state index in [9.17, 15) is 18.7 Å². The van der Waals surface area contributed by atoms with E-state index in [0.29, 0.717) is 31.7 Å². The third kappa shape index (κ3) is 5.93. The Morgan fingerprint density at radius 1 is 1.23 bits per heavy atom. The number of hydrogen-bond donors (Lipinski definition) is 3. The molecule has 4 heterocycles. The van der Waals surface area contributed by atoms with Crippen molar-refractivity contribution in [3.8, 4) is 11.6 Å². The van der Waals surface area contributed by atoms with Crippen LogP contribution in [0.3, 0.4) is 0 Å². The molecule has 1 atom stereocenters. The number of aromatic amines is 1. The molecule has 2 aliphatic heterocycles. The molecule has 0 aromatic carbocycles. The molecule has 0 radical (unpaired) electrons. The van der Waals surface area contributed by atoms with Crippen molar-refractivity contribution in [2.45, 2.75) is 57.5 Å². The van der Waals surface area contributed by atoms with Crippen LogP contribution in [-0.4, -0.2) is 73.3 Å². The monoisotopic (exact) mass is 556 g/mol. The maximum atomic E-state index is 13.5. The van der Waals surface area contributed by atoms with Crippen LogP contribution < -0.4 is 16.2 Å². The lowest BCUT2D eigenvalue weighted by Gasteiger charge is -2.45. The number of H-pyrrole nitrogens is 1. The molecule has 1 unspecified atom stereocenters. The number of nitrogens with two attached hydrogens (primary N) is 1. The molecule has 13 heteroatoms. The second kappa shape index (κ2) is 11.2. The van der Waals surface area contributed by atoms with Gasteiger partial charge in [0.1, 0.15) is 5.69 Å². The van der Waals surface area contributed by atoms with E-state index in [-0.39, 0.29) is 29.3 Å². The van der Waals surface area contributed by atoms with E-state index >= 15 is 0 Å². The van der Waals surface area contributed by atoms with Crippen LogP contribution in [-0.2, 0) is 5.92 Å². The van der Waals surface area contributed by atoms with Gasteiger partial charge in [-0.3, -0.25) is 9.69 Å². The molecule has 2 aromatic heterocycles. The largest absolute Gasteiger partial charge is 0.512 e. The Hall–Kier alpha value is -4.00. The van der Waals surface area contributed by atoms with Gasteiger partial charge < -0.3 is 30.0 Å². The van der Waals surface area contributed by atoms with Crippen LogP contribution in [0.25, 0.3) is 11.6 Å². The van der Waals surface area contributed by atoms with Crippen LogP contribution >= 0.6 is 0 Å². The van der Waals surface area contributed by atoms with Crippen molar-refractivity contribution in [2.24, 2.45) is 0 Å². The van der Waals surface area contributed by atoms with Gasteiger partial charge in [0.2, 0.25) is 5.82 Å². The van der Waals surface area contributed by atoms with Gasteiger partial charge in [-0.2, -0.15) is 8.78 Å². The van der Waals surface area contributed by atoms with Crippen LogP contribution in [0, 0.1) is 0 Å². The van der Waals surface area contributed by atoms with Crippen LogP contribution in [0.5, 0.6) is 0 Å². The summed E-state index contributed by atoms with van der Waals surface area (Å²) in [6.07, 6.45) is 15.1. The summed E-state index contributed by atoms with van der Waals surface area (Å²) in [7, 11) is 0. The predicted molar refractivity (Wildman–Crippen MR) is 147 cm³/mol. The maximum Gasteiger partial charge on any atom is 0.321 e. The van der Waals surface area contributed by atoms with Gasteiger partial charge in [-0.25, -0.2) is 4.98 Å². The van der Waals surface area contributed by atoms with E-state index in [1.807, 2.05) is 24.6 Å². The van der Waals surface area contributed by atoms with Gasteiger partial charge in [-0.1, -0.05) is 25.2 Å². The number of nitrogens with zero attached hydrogens (tertiary/aromatic N) is 6. The van der Waals surface area contributed by atoms with Crippen LogP contribution in [0.15, 0.2) is 57.2 Å². The molecule has 0 spiro atoms. The fourth-order valence-electron chi connectivity index (χ4n) is 5.29. The number of likely N-dealkylation sites (tertiary alicyclic amines) is 1. The van der Waals surface area contributed by atoms with E-state index in [2.05, 4.69) is 43.0 Å². The summed E-state index contributed by atoms with van der Waals surface area (Å²) in [6.45, 7) is 6.08. The van der Waals surface area contributed by atoms with E-state index in [1.54, 1.807) is 11.0 Å². The number of piperidine rings is 1. The highest BCUT2D eigenvalue weighted by Crippen LogP contribution is 2.30. The number of hydrogen-bond acceptors (Lipinski definition) is 10. The lowest BCUT2D eigenvalue weighted by Crippen LogP contribution is -2.52. The quantitative estimate of drug-likeness (QED) is 0.463. The van der Waals surface area contributed by atoms with E-state index in [1.165, 1.54) is 5.57 Å². The second-order valence-electron chi connectivity index (χ2n) is 10.4. The first kappa shape index (κ1) is 27.6. The molecule has 3 aliphatic rings. The molecule has 0 bridgehead atoms. The zero-order valence-electron chi connectivity index (χ0n) is 22.6. The summed E-state index contributed by atoms with van der Waals surface area (Å²) in [6, 6.07) is 0.541. The summed E-state index contributed by atoms with van der Waals surface area (Å²) >= 11 is 0. The zero-order chi connectivity index (χ0) is 28.4. The van der Waals surface area contributed by atoms with E-state index in [4.69, 9.17) is 10.2 Å². The Labute approximate surface area is 230 Å². The predicted octanol–water partition coefficient (Wildman–Crippen LogP) is 3.68. The molecule has 40 heavy (non-hydrogen) atoms. The molecule has 1 saturated heterocycles. The van der Waals surface area contributed by atoms with Gasteiger partial charge in [0.15, 0.2) is 5.82 Å². The molecule has 0 saturated carbocycles. The second-order valence-corrected chi connectivity index (χ2v) is 10.4. The first-order chi connectivity index (χ1) is 19.1. The van der Waals surface area contributed by atoms with Crippen molar-refractivity contribution in [3.63, 3.8) is 0 Å². The van der Waals surface area contributed by atoms with Gasteiger partial charge in [-0.15, -0.1) is 10.2 Å². The summed E-state index contributed by atoms with van der Waals surface area (Å²) in [4.78, 5) is 26.4. The van der Waals surface area contributed by atoms with E-state index in [0.717, 1.165) is 38.9 Å². The summed E-state index contributed by atoms with van der Waals surface area (Å²) in [5.41, 5.74) is 6.62. The third-order valence-electron chi connectivity index (χ3n) is 7.46. The first-order valence-corrected chi connectivity index (χ1v) is 13.4. The number of aliphatic hydroxyl groups excluding tert-OH is 1. The third-order valence-corrected chi connectivity index (χ3v) is 7.46. The molecule has 0 amide bonds. The minimum atomic E-state index is -3.32. The fourth-order valence-corrected chi connectivity index (χ4v) is 5.29. The average molecular weight is 557 g/mol. The minimum Gasteiger partial charge on any atom is -0.512 e. The molecule has 1 fully saturated rings. The normalized spacial score (nSPS) is 20.9. The number of nitrogen functional groups attached to an aromatic ring is 1. The standard InChI is InChI=1S/C27H34F2N8O3/c1-3-18-16-36(23-24(39)31-21(22(30)32-23)25-33-34-26(40-25)27(2,28)29)13-14-37(18)19-9-11-35(12-10-19)15-17-5-4-6-20(38)8-7-17/h4-5,7-8,13-14,18-19,38H,3,6,9-12,15-16H2,1-2H3,(H2,30,32)(H,31,39). The highest BCUT2D eigenvalue weighted by Gasteiger charge is 2.34. The molecule has 214 valence electrons. The molecular formula is C27H34F2N8O3. The fraction of sp³-hybridized carbons (Fsp3) is 0.481. The van der Waals surface area contributed by atoms with Gasteiger partial charge in [0.25, 0.3) is 17.3 Å². The van der Waals surface area contributed by atoms with Crippen molar-refractivity contribution >= 4 is 11.6 Å². The average Bonchev–Trinajstić information content (AvgIpc) is 3.35. The highest BCUT2D eigenvalue weighted by atomic mass is 19.3. The SMILES string of the molecule is CCC1CN(c2nc(N)c(-c3nnc(C(C)(F)F)o3)[nH]c2=O)C=CN1C1CCN(CC2=CC=C(O)CC=C2)CC1. The molecular weight excluding hydrogens is 522 g/mol. The van der Waals surface area contributed by atoms with Crippen molar-refractivity contribution < 1.29 is 18.3 Å². The van der Waals surface area contributed by atoms with Gasteiger partial charge >= 0.3 is 5.92 Å². The summed E-state index contributed by atoms with van der Waals surface area (Å²) < 4.78 is 32.0. The summed E-state index contributed by atoms with van der Waals surface area (Å²) in [5, 5.41) is 16.6. The number of aliphatic hydroxyl groups is 1. The Bertz CT molecular complexity index is 1400. The smallest absolute Gasteiger partial charge is 0.321 e. The van der Waals surface area contributed by atoms with Crippen LogP contribution in [0.1, 0.15) is 45.4 Å². The van der Waals surface area contributed by atoms with Gasteiger partial charge in [0.05, 0.1) is 5.76 Å². The summed E-state index contributed by atoms with van der Waals surface area (Å²) in [5.74, 6) is -4.15. The number of anilines is 2. The highest BCUT2D eigenvalue weighted by molar-refractivity contribution is 5.64. The van der Waals surface area contributed by atoms with Crippen molar-refractivity contribution in [2.75, 3.05) is 36.8 Å². The van der Waals surface area contributed by atoms with Crippen LogP contribution in [0.4, 0.5) is 20.4 Å². The molecule has 5 rings (SSSR count). The maximum absolute atomic E-state index is 13.5. The minimum absolute atomic E-state index is 0.0962. The number of halogens is 2. The Morgan fingerprint density at radius 2 is 2.00 bits per heavy atom. The molecule has 1 aliphatic carbocycles.